The van der Waals surface area contributed by atoms with E-state index < -0.39 is 29.4 Å². The van der Waals surface area contributed by atoms with Crippen LogP contribution in [0.5, 0.6) is 0 Å². The van der Waals surface area contributed by atoms with E-state index in [0.29, 0.717) is 6.07 Å². The lowest BCUT2D eigenvalue weighted by molar-refractivity contribution is -0.141. The van der Waals surface area contributed by atoms with Crippen molar-refractivity contribution in [2.24, 2.45) is 5.92 Å². The van der Waals surface area contributed by atoms with Gasteiger partial charge in [0, 0.05) is 25.2 Å². The molecule has 0 aromatic heterocycles. The van der Waals surface area contributed by atoms with E-state index in [1.807, 2.05) is 0 Å². The van der Waals surface area contributed by atoms with Gasteiger partial charge in [0.15, 0.2) is 0 Å². The fourth-order valence-electron chi connectivity index (χ4n) is 1.47. The van der Waals surface area contributed by atoms with Crippen molar-refractivity contribution >= 4 is 11.9 Å². The molecule has 98 valence electrons. The minimum Gasteiger partial charge on any atom is -0.481 e. The molecule has 0 aliphatic rings. The molecule has 0 bridgehead atoms. The van der Waals surface area contributed by atoms with Crippen LogP contribution < -0.4 is 0 Å². The number of carbonyl (C=O) groups excluding carboxylic acids is 1. The van der Waals surface area contributed by atoms with Gasteiger partial charge in [-0.1, -0.05) is 6.92 Å². The predicted octanol–water partition coefficient (Wildman–Crippen LogP) is 1.76. The topological polar surface area (TPSA) is 57.6 Å². The van der Waals surface area contributed by atoms with E-state index in [1.165, 1.54) is 14.0 Å². The zero-order chi connectivity index (χ0) is 13.9. The highest BCUT2D eigenvalue weighted by Gasteiger charge is 2.19. The van der Waals surface area contributed by atoms with Crippen LogP contribution in [-0.2, 0) is 4.79 Å². The lowest BCUT2D eigenvalue weighted by atomic mass is 10.1. The summed E-state index contributed by atoms with van der Waals surface area (Å²) < 4.78 is 25.9. The Bertz CT molecular complexity index is 456. The number of carbonyl (C=O) groups is 2. The standard InChI is InChI=1S/C12H13F2NO3/c1-7(12(17)18)6-15(2)11(16)8-3-9(13)5-10(14)4-8/h3-5,7H,6H2,1-2H3,(H,17,18). The summed E-state index contributed by atoms with van der Waals surface area (Å²) in [5.74, 6) is -4.12. The third kappa shape index (κ3) is 3.51. The molecule has 18 heavy (non-hydrogen) atoms. The molecule has 4 nitrogen and oxygen atoms in total. The number of halogens is 2. The largest absolute Gasteiger partial charge is 0.481 e. The molecule has 0 spiro atoms. The SMILES string of the molecule is CC(CN(C)C(=O)c1cc(F)cc(F)c1)C(=O)O. The van der Waals surface area contributed by atoms with Crippen LogP contribution >= 0.6 is 0 Å². The summed E-state index contributed by atoms with van der Waals surface area (Å²) in [6, 6.07) is 2.48. The van der Waals surface area contributed by atoms with E-state index in [0.717, 1.165) is 17.0 Å². The van der Waals surface area contributed by atoms with Gasteiger partial charge in [-0.2, -0.15) is 0 Å². The van der Waals surface area contributed by atoms with E-state index in [2.05, 4.69) is 0 Å². The third-order valence-electron chi connectivity index (χ3n) is 2.43. The molecule has 0 aliphatic heterocycles. The van der Waals surface area contributed by atoms with Gasteiger partial charge in [0.1, 0.15) is 11.6 Å². The highest BCUT2D eigenvalue weighted by molar-refractivity contribution is 5.94. The maximum atomic E-state index is 12.9. The van der Waals surface area contributed by atoms with E-state index in [1.54, 1.807) is 0 Å². The summed E-state index contributed by atoms with van der Waals surface area (Å²) in [5.41, 5.74) is -0.146. The van der Waals surface area contributed by atoms with Gasteiger partial charge in [0.2, 0.25) is 0 Å². The molecule has 1 atom stereocenters. The molecule has 1 N–H and O–H groups in total. The number of amides is 1. The summed E-state index contributed by atoms with van der Waals surface area (Å²) in [4.78, 5) is 23.6. The number of rotatable bonds is 4. The number of aliphatic carboxylic acids is 1. The average molecular weight is 257 g/mol. The maximum Gasteiger partial charge on any atom is 0.308 e. The van der Waals surface area contributed by atoms with Gasteiger partial charge in [-0.15, -0.1) is 0 Å². The summed E-state index contributed by atoms with van der Waals surface area (Å²) in [7, 11) is 1.38. The number of benzene rings is 1. The van der Waals surface area contributed by atoms with Crippen LogP contribution in [0.4, 0.5) is 8.78 Å². The van der Waals surface area contributed by atoms with Gasteiger partial charge in [-0.3, -0.25) is 9.59 Å². The van der Waals surface area contributed by atoms with Crippen molar-refractivity contribution in [1.82, 2.24) is 4.90 Å². The molecule has 1 aromatic rings. The van der Waals surface area contributed by atoms with Crippen LogP contribution in [0.25, 0.3) is 0 Å². The first-order chi connectivity index (χ1) is 8.31. The number of hydrogen-bond donors (Lipinski definition) is 1. The fourth-order valence-corrected chi connectivity index (χ4v) is 1.47. The molecule has 0 fully saturated rings. The summed E-state index contributed by atoms with van der Waals surface area (Å²) in [6.45, 7) is 1.41. The molecule has 1 unspecified atom stereocenters. The van der Waals surface area contributed by atoms with Crippen LogP contribution in [0.3, 0.4) is 0 Å². The number of carboxylic acid groups (broad SMARTS) is 1. The molecule has 0 saturated heterocycles. The maximum absolute atomic E-state index is 12.9. The van der Waals surface area contributed by atoms with Gasteiger partial charge < -0.3 is 10.0 Å². The van der Waals surface area contributed by atoms with Gasteiger partial charge in [-0.25, -0.2) is 8.78 Å². The first-order valence-corrected chi connectivity index (χ1v) is 5.25. The molecule has 6 heteroatoms. The lowest BCUT2D eigenvalue weighted by Gasteiger charge is -2.19. The molecule has 1 aromatic carbocycles. The van der Waals surface area contributed by atoms with Gasteiger partial charge >= 0.3 is 5.97 Å². The average Bonchev–Trinajstić information content (AvgIpc) is 2.26. The second-order valence-corrected chi connectivity index (χ2v) is 4.08. The molecule has 1 rings (SSSR count). The summed E-state index contributed by atoms with van der Waals surface area (Å²) >= 11 is 0. The first kappa shape index (κ1) is 14.1. The van der Waals surface area contributed by atoms with E-state index in [9.17, 15) is 18.4 Å². The highest BCUT2D eigenvalue weighted by Crippen LogP contribution is 2.11. The van der Waals surface area contributed by atoms with Gasteiger partial charge in [-0.05, 0) is 12.1 Å². The molecular weight excluding hydrogens is 244 g/mol. The number of nitrogens with zero attached hydrogens (tertiary/aromatic N) is 1. The van der Waals surface area contributed by atoms with Crippen molar-refractivity contribution < 1.29 is 23.5 Å². The second kappa shape index (κ2) is 5.57. The van der Waals surface area contributed by atoms with Crippen LogP contribution in [-0.4, -0.2) is 35.5 Å². The number of hydrogen-bond acceptors (Lipinski definition) is 2. The molecule has 1 amide bonds. The van der Waals surface area contributed by atoms with Crippen molar-refractivity contribution in [3.8, 4) is 0 Å². The molecule has 0 heterocycles. The zero-order valence-corrected chi connectivity index (χ0v) is 9.98. The summed E-state index contributed by atoms with van der Waals surface area (Å²) in [6.07, 6.45) is 0. The third-order valence-corrected chi connectivity index (χ3v) is 2.43. The highest BCUT2D eigenvalue weighted by atomic mass is 19.1. The van der Waals surface area contributed by atoms with E-state index >= 15 is 0 Å². The normalized spacial score (nSPS) is 12.0. The van der Waals surface area contributed by atoms with Crippen molar-refractivity contribution in [1.29, 1.82) is 0 Å². The Morgan fingerprint density at radius 2 is 1.78 bits per heavy atom. The molecule has 0 saturated carbocycles. The minimum absolute atomic E-state index is 0.0354. The first-order valence-electron chi connectivity index (χ1n) is 5.25. The van der Waals surface area contributed by atoms with Crippen LogP contribution in [0, 0.1) is 17.6 Å². The van der Waals surface area contributed by atoms with E-state index in [-0.39, 0.29) is 12.1 Å². The smallest absolute Gasteiger partial charge is 0.308 e. The van der Waals surface area contributed by atoms with Gasteiger partial charge in [0.25, 0.3) is 5.91 Å². The van der Waals surface area contributed by atoms with Crippen molar-refractivity contribution in [2.45, 2.75) is 6.92 Å². The molecule has 0 radical (unpaired) electrons. The van der Waals surface area contributed by atoms with Crippen molar-refractivity contribution in [3.05, 3.63) is 35.4 Å². The van der Waals surface area contributed by atoms with Crippen LogP contribution in [0.2, 0.25) is 0 Å². The Kier molecular flexibility index (Phi) is 4.36. The van der Waals surface area contributed by atoms with Crippen LogP contribution in [0.15, 0.2) is 18.2 Å². The Hall–Kier alpha value is -1.98. The second-order valence-electron chi connectivity index (χ2n) is 4.08. The Morgan fingerprint density at radius 3 is 2.22 bits per heavy atom. The minimum atomic E-state index is -1.04. The lowest BCUT2D eigenvalue weighted by Crippen LogP contribution is -2.33. The number of carboxylic acids is 1. The quantitative estimate of drug-likeness (QED) is 0.894. The predicted molar refractivity (Wildman–Crippen MR) is 60.1 cm³/mol. The molecule has 0 aliphatic carbocycles. The van der Waals surface area contributed by atoms with Crippen molar-refractivity contribution in [2.75, 3.05) is 13.6 Å². The Labute approximate surface area is 103 Å². The zero-order valence-electron chi connectivity index (χ0n) is 9.98. The summed E-state index contributed by atoms with van der Waals surface area (Å²) in [5, 5.41) is 8.71. The fraction of sp³-hybridized carbons (Fsp3) is 0.333. The monoisotopic (exact) mass is 257 g/mol. The Balaban J connectivity index is 2.83. The Morgan fingerprint density at radius 1 is 1.28 bits per heavy atom. The van der Waals surface area contributed by atoms with Crippen molar-refractivity contribution in [3.63, 3.8) is 0 Å². The van der Waals surface area contributed by atoms with Crippen LogP contribution in [0.1, 0.15) is 17.3 Å². The van der Waals surface area contributed by atoms with Gasteiger partial charge in [0.05, 0.1) is 5.92 Å². The molecular formula is C12H13F2NO3. The van der Waals surface area contributed by atoms with E-state index in [4.69, 9.17) is 5.11 Å².